The highest BCUT2D eigenvalue weighted by molar-refractivity contribution is 7.10. The van der Waals surface area contributed by atoms with Crippen molar-refractivity contribution in [1.29, 1.82) is 0 Å². The maximum atomic E-state index is 12.1. The third-order valence-corrected chi connectivity index (χ3v) is 4.57. The van der Waals surface area contributed by atoms with E-state index in [4.69, 9.17) is 0 Å². The number of nitrogens with one attached hydrogen (secondary N) is 1. The third kappa shape index (κ3) is 3.95. The summed E-state index contributed by atoms with van der Waals surface area (Å²) in [6, 6.07) is 9.37. The predicted molar refractivity (Wildman–Crippen MR) is 89.0 cm³/mol. The molecule has 0 radical (unpaired) electrons. The minimum atomic E-state index is -0.216. The van der Waals surface area contributed by atoms with Gasteiger partial charge in [-0.2, -0.15) is 0 Å². The quantitative estimate of drug-likeness (QED) is 0.922. The minimum Gasteiger partial charge on any atom is -0.343 e. The molecule has 5 heteroatoms. The number of aryl methyl sites for hydroxylation is 2. The Morgan fingerprint density at radius 3 is 2.50 bits per heavy atom. The van der Waals surface area contributed by atoms with Gasteiger partial charge in [0.15, 0.2) is 0 Å². The van der Waals surface area contributed by atoms with Crippen LogP contribution in [0.3, 0.4) is 0 Å². The van der Waals surface area contributed by atoms with Gasteiger partial charge in [0, 0.05) is 17.5 Å². The summed E-state index contributed by atoms with van der Waals surface area (Å²) in [5, 5.41) is 4.70. The summed E-state index contributed by atoms with van der Waals surface area (Å²) in [5.74, 6) is -0.318. The topological polar surface area (TPSA) is 49.4 Å². The lowest BCUT2D eigenvalue weighted by Gasteiger charge is -2.17. The Balaban J connectivity index is 1.88. The number of carbonyl (C=O) groups excluding carboxylic acids is 2. The van der Waals surface area contributed by atoms with E-state index in [1.165, 1.54) is 10.4 Å². The van der Waals surface area contributed by atoms with Crippen LogP contribution in [-0.2, 0) is 11.3 Å². The van der Waals surface area contributed by atoms with Gasteiger partial charge >= 0.3 is 0 Å². The molecule has 22 heavy (non-hydrogen) atoms. The van der Waals surface area contributed by atoms with Gasteiger partial charge in [-0.3, -0.25) is 9.59 Å². The average molecular weight is 316 g/mol. The summed E-state index contributed by atoms with van der Waals surface area (Å²) in [6.07, 6.45) is 0. The predicted octanol–water partition coefficient (Wildman–Crippen LogP) is 2.75. The maximum absolute atomic E-state index is 12.1. The molecule has 0 atom stereocenters. The molecule has 0 aliphatic rings. The Morgan fingerprint density at radius 2 is 1.86 bits per heavy atom. The molecule has 1 aromatic carbocycles. The van der Waals surface area contributed by atoms with Gasteiger partial charge < -0.3 is 10.2 Å². The molecule has 2 amide bonds. The van der Waals surface area contributed by atoms with Crippen LogP contribution in [-0.4, -0.2) is 30.3 Å². The normalized spacial score (nSPS) is 10.3. The van der Waals surface area contributed by atoms with Crippen LogP contribution in [0.25, 0.3) is 0 Å². The van der Waals surface area contributed by atoms with Gasteiger partial charge in [0.05, 0.1) is 13.1 Å². The fraction of sp³-hybridized carbons (Fsp3) is 0.294. The van der Waals surface area contributed by atoms with Crippen molar-refractivity contribution in [3.8, 4) is 0 Å². The summed E-state index contributed by atoms with van der Waals surface area (Å²) in [5.41, 5.74) is 2.69. The number of thiophene rings is 1. The van der Waals surface area contributed by atoms with Crippen LogP contribution in [0.4, 0.5) is 0 Å². The van der Waals surface area contributed by atoms with E-state index in [0.29, 0.717) is 12.1 Å². The highest BCUT2D eigenvalue weighted by atomic mass is 32.1. The number of benzene rings is 1. The SMILES string of the molecule is Cc1ccccc1C(=O)NCC(=O)N(C)Cc1sccc1C. The van der Waals surface area contributed by atoms with Crippen LogP contribution in [0.1, 0.15) is 26.4 Å². The highest BCUT2D eigenvalue weighted by Crippen LogP contribution is 2.17. The molecule has 0 saturated heterocycles. The second-order valence-electron chi connectivity index (χ2n) is 5.27. The fourth-order valence-corrected chi connectivity index (χ4v) is 3.04. The number of carbonyl (C=O) groups is 2. The van der Waals surface area contributed by atoms with Crippen molar-refractivity contribution in [2.45, 2.75) is 20.4 Å². The Bertz CT molecular complexity index is 679. The molecule has 1 heterocycles. The molecule has 4 nitrogen and oxygen atoms in total. The van der Waals surface area contributed by atoms with E-state index in [9.17, 15) is 9.59 Å². The number of hydrogen-bond acceptors (Lipinski definition) is 3. The third-order valence-electron chi connectivity index (χ3n) is 3.56. The summed E-state index contributed by atoms with van der Waals surface area (Å²) >= 11 is 1.64. The second-order valence-corrected chi connectivity index (χ2v) is 6.27. The van der Waals surface area contributed by atoms with Crippen molar-refractivity contribution in [2.24, 2.45) is 0 Å². The van der Waals surface area contributed by atoms with Crippen molar-refractivity contribution in [3.05, 3.63) is 57.3 Å². The Kier molecular flexibility index (Phi) is 5.33. The first-order valence-electron chi connectivity index (χ1n) is 7.10. The molecular weight excluding hydrogens is 296 g/mol. The van der Waals surface area contributed by atoms with Gasteiger partial charge in [-0.15, -0.1) is 11.3 Å². The first-order valence-corrected chi connectivity index (χ1v) is 7.97. The molecule has 0 fully saturated rings. The molecule has 0 bridgehead atoms. The average Bonchev–Trinajstić information content (AvgIpc) is 2.90. The maximum Gasteiger partial charge on any atom is 0.251 e. The molecule has 0 unspecified atom stereocenters. The van der Waals surface area contributed by atoms with Crippen molar-refractivity contribution < 1.29 is 9.59 Å². The molecule has 116 valence electrons. The largest absolute Gasteiger partial charge is 0.343 e. The zero-order valence-electron chi connectivity index (χ0n) is 13.1. The van der Waals surface area contributed by atoms with E-state index in [2.05, 4.69) is 5.32 Å². The molecule has 1 N–H and O–H groups in total. The number of hydrogen-bond donors (Lipinski definition) is 1. The van der Waals surface area contributed by atoms with Gasteiger partial charge in [0.1, 0.15) is 0 Å². The minimum absolute atomic E-state index is 0.00803. The van der Waals surface area contributed by atoms with E-state index in [1.54, 1.807) is 29.4 Å². The Labute approximate surface area is 134 Å². The van der Waals surface area contributed by atoms with E-state index >= 15 is 0 Å². The lowest BCUT2D eigenvalue weighted by atomic mass is 10.1. The number of nitrogens with zero attached hydrogens (tertiary/aromatic N) is 1. The van der Waals surface area contributed by atoms with Crippen LogP contribution < -0.4 is 5.32 Å². The van der Waals surface area contributed by atoms with Crippen molar-refractivity contribution in [2.75, 3.05) is 13.6 Å². The Hall–Kier alpha value is -2.14. The van der Waals surface area contributed by atoms with Crippen LogP contribution >= 0.6 is 11.3 Å². The molecule has 0 saturated carbocycles. The molecule has 2 aromatic rings. The highest BCUT2D eigenvalue weighted by Gasteiger charge is 2.14. The molecule has 0 aliphatic heterocycles. The lowest BCUT2D eigenvalue weighted by molar-refractivity contribution is -0.129. The van der Waals surface area contributed by atoms with Gasteiger partial charge in [0.2, 0.25) is 5.91 Å². The Morgan fingerprint density at radius 1 is 1.14 bits per heavy atom. The van der Waals surface area contributed by atoms with Gasteiger partial charge in [-0.1, -0.05) is 18.2 Å². The van der Waals surface area contributed by atoms with Crippen LogP contribution in [0.15, 0.2) is 35.7 Å². The summed E-state index contributed by atoms with van der Waals surface area (Å²) in [6.45, 7) is 4.49. The molecule has 1 aromatic heterocycles. The van der Waals surface area contributed by atoms with E-state index < -0.39 is 0 Å². The fourth-order valence-electron chi connectivity index (χ4n) is 2.08. The number of rotatable bonds is 5. The summed E-state index contributed by atoms with van der Waals surface area (Å²) < 4.78 is 0. The number of likely N-dealkylation sites (N-methyl/N-ethyl adjacent to an activating group) is 1. The monoisotopic (exact) mass is 316 g/mol. The van der Waals surface area contributed by atoms with Gasteiger partial charge in [0.25, 0.3) is 5.91 Å². The van der Waals surface area contributed by atoms with E-state index in [0.717, 1.165) is 5.56 Å². The van der Waals surface area contributed by atoms with Crippen molar-refractivity contribution in [3.63, 3.8) is 0 Å². The van der Waals surface area contributed by atoms with Crippen LogP contribution in [0.2, 0.25) is 0 Å². The standard InChI is InChI=1S/C17H20N2O2S/c1-12-6-4-5-7-14(12)17(21)18-10-16(20)19(3)11-15-13(2)8-9-22-15/h4-9H,10-11H2,1-3H3,(H,18,21). The smallest absolute Gasteiger partial charge is 0.251 e. The van der Waals surface area contributed by atoms with Gasteiger partial charge in [-0.25, -0.2) is 0 Å². The summed E-state index contributed by atoms with van der Waals surface area (Å²) in [4.78, 5) is 27.0. The molecule has 0 aliphatic carbocycles. The van der Waals surface area contributed by atoms with E-state index in [1.807, 2.05) is 43.5 Å². The van der Waals surface area contributed by atoms with Crippen molar-refractivity contribution in [1.82, 2.24) is 10.2 Å². The van der Waals surface area contributed by atoms with Crippen molar-refractivity contribution >= 4 is 23.2 Å². The first-order chi connectivity index (χ1) is 10.5. The summed E-state index contributed by atoms with van der Waals surface area (Å²) in [7, 11) is 1.75. The zero-order chi connectivity index (χ0) is 16.1. The number of amides is 2. The van der Waals surface area contributed by atoms with E-state index in [-0.39, 0.29) is 18.4 Å². The zero-order valence-corrected chi connectivity index (χ0v) is 13.9. The molecular formula is C17H20N2O2S. The van der Waals surface area contributed by atoms with Gasteiger partial charge in [-0.05, 0) is 42.5 Å². The first kappa shape index (κ1) is 16.2. The lowest BCUT2D eigenvalue weighted by Crippen LogP contribution is -2.38. The van der Waals surface area contributed by atoms with Crippen LogP contribution in [0, 0.1) is 13.8 Å². The molecule has 2 rings (SSSR count). The molecule has 0 spiro atoms. The van der Waals surface area contributed by atoms with Crippen LogP contribution in [0.5, 0.6) is 0 Å². The second kappa shape index (κ2) is 7.22.